The fraction of sp³-hybridized carbons (Fsp3) is 0.300. The van der Waals surface area contributed by atoms with Gasteiger partial charge in [-0.2, -0.15) is 9.61 Å². The van der Waals surface area contributed by atoms with Gasteiger partial charge in [0.1, 0.15) is 5.82 Å². The van der Waals surface area contributed by atoms with E-state index < -0.39 is 0 Å². The van der Waals surface area contributed by atoms with Crippen LogP contribution in [-0.4, -0.2) is 20.4 Å². The van der Waals surface area contributed by atoms with Gasteiger partial charge in [0.15, 0.2) is 11.4 Å². The highest BCUT2D eigenvalue weighted by Gasteiger charge is 2.16. The monoisotopic (exact) mass is 204 g/mol. The number of nitrogens with zero attached hydrogens (tertiary/aromatic N) is 3. The number of nitrogen functional groups attached to an aromatic ring is 1. The van der Waals surface area contributed by atoms with E-state index in [2.05, 4.69) is 10.1 Å². The second kappa shape index (κ2) is 3.34. The molecule has 0 atom stereocenters. The van der Waals surface area contributed by atoms with Crippen LogP contribution < -0.4 is 5.73 Å². The molecule has 2 N–H and O–H groups in total. The Morgan fingerprint density at radius 3 is 2.93 bits per heavy atom. The van der Waals surface area contributed by atoms with E-state index in [1.165, 1.54) is 10.7 Å². The number of hydrogen-bond acceptors (Lipinski definition) is 4. The Morgan fingerprint density at radius 2 is 2.27 bits per heavy atom. The third-order valence-electron chi connectivity index (χ3n) is 2.24. The predicted octanol–water partition coefficient (Wildman–Crippen LogP) is 1.15. The van der Waals surface area contributed by atoms with Crippen LogP contribution in [0.4, 0.5) is 5.82 Å². The van der Waals surface area contributed by atoms with Crippen LogP contribution in [-0.2, 0) is 0 Å². The number of carbonyl (C=O) groups is 1. The number of carbonyl (C=O) groups excluding carboxylic acids is 1. The van der Waals surface area contributed by atoms with Crippen molar-refractivity contribution in [3.63, 3.8) is 0 Å². The Balaban J connectivity index is 2.62. The molecule has 2 aromatic heterocycles. The molecule has 15 heavy (non-hydrogen) atoms. The van der Waals surface area contributed by atoms with Crippen LogP contribution in [0.1, 0.15) is 24.2 Å². The van der Waals surface area contributed by atoms with E-state index in [-0.39, 0.29) is 11.7 Å². The van der Waals surface area contributed by atoms with Gasteiger partial charge in [-0.15, -0.1) is 0 Å². The van der Waals surface area contributed by atoms with Crippen LogP contribution in [0.5, 0.6) is 0 Å². The highest BCUT2D eigenvalue weighted by atomic mass is 16.1. The smallest absolute Gasteiger partial charge is 0.170 e. The molecule has 0 amide bonds. The minimum atomic E-state index is -0.0953. The van der Waals surface area contributed by atoms with Crippen LogP contribution in [0.25, 0.3) is 5.65 Å². The quantitative estimate of drug-likeness (QED) is 0.745. The van der Waals surface area contributed by atoms with Crippen molar-refractivity contribution in [2.24, 2.45) is 5.92 Å². The zero-order valence-electron chi connectivity index (χ0n) is 8.64. The molecule has 5 heteroatoms. The number of nitrogens with two attached hydrogens (primary N) is 1. The minimum Gasteiger partial charge on any atom is -0.383 e. The molecule has 0 bridgehead atoms. The van der Waals surface area contributed by atoms with Crippen molar-refractivity contribution >= 4 is 17.2 Å². The molecule has 2 heterocycles. The molecule has 5 nitrogen and oxygen atoms in total. The molecule has 0 unspecified atom stereocenters. The molecule has 0 aliphatic carbocycles. The minimum absolute atomic E-state index is 0.0163. The van der Waals surface area contributed by atoms with Gasteiger partial charge in [-0.25, -0.2) is 4.98 Å². The number of hydrogen-bond donors (Lipinski definition) is 1. The average molecular weight is 204 g/mol. The first-order valence-corrected chi connectivity index (χ1v) is 4.73. The van der Waals surface area contributed by atoms with Crippen LogP contribution in [0.15, 0.2) is 18.5 Å². The molecule has 78 valence electrons. The van der Waals surface area contributed by atoms with E-state index in [0.717, 1.165) is 0 Å². The maximum atomic E-state index is 11.8. The summed E-state index contributed by atoms with van der Waals surface area (Å²) in [7, 11) is 0. The summed E-state index contributed by atoms with van der Waals surface area (Å²) >= 11 is 0. The van der Waals surface area contributed by atoms with Gasteiger partial charge in [-0.1, -0.05) is 13.8 Å². The third-order valence-corrected chi connectivity index (χ3v) is 2.24. The van der Waals surface area contributed by atoms with Crippen molar-refractivity contribution in [2.75, 3.05) is 5.73 Å². The zero-order chi connectivity index (χ0) is 11.0. The highest BCUT2D eigenvalue weighted by molar-refractivity contribution is 6.01. The van der Waals surface area contributed by atoms with Gasteiger partial charge in [-0.3, -0.25) is 4.79 Å². The molecule has 0 fully saturated rings. The Morgan fingerprint density at radius 1 is 1.53 bits per heavy atom. The first-order chi connectivity index (χ1) is 7.11. The summed E-state index contributed by atoms with van der Waals surface area (Å²) in [6.45, 7) is 3.66. The molecule has 0 aliphatic rings. The molecule has 0 aliphatic heterocycles. The Bertz CT molecular complexity index is 515. The molecule has 2 rings (SSSR count). The number of fused-ring (bicyclic) bond motifs is 1. The molecular formula is C10H12N4O. The van der Waals surface area contributed by atoms with E-state index in [1.807, 2.05) is 13.8 Å². The SMILES string of the molecule is CC(C)C(=O)c1cnc2ccnn2c1N. The van der Waals surface area contributed by atoms with Crippen molar-refractivity contribution in [3.05, 3.63) is 24.0 Å². The van der Waals surface area contributed by atoms with E-state index >= 15 is 0 Å². The van der Waals surface area contributed by atoms with Gasteiger partial charge < -0.3 is 5.73 Å². The number of ketones is 1. The van der Waals surface area contributed by atoms with Crippen molar-refractivity contribution in [1.82, 2.24) is 14.6 Å². The summed E-state index contributed by atoms with van der Waals surface area (Å²) in [6, 6.07) is 1.74. The van der Waals surface area contributed by atoms with Crippen molar-refractivity contribution < 1.29 is 4.79 Å². The van der Waals surface area contributed by atoms with Gasteiger partial charge >= 0.3 is 0 Å². The van der Waals surface area contributed by atoms with Gasteiger partial charge in [-0.05, 0) is 0 Å². The van der Waals surface area contributed by atoms with E-state index in [9.17, 15) is 4.79 Å². The number of anilines is 1. The van der Waals surface area contributed by atoms with Crippen LogP contribution >= 0.6 is 0 Å². The largest absolute Gasteiger partial charge is 0.383 e. The van der Waals surface area contributed by atoms with E-state index in [1.54, 1.807) is 12.3 Å². The Hall–Kier alpha value is -1.91. The lowest BCUT2D eigenvalue weighted by atomic mass is 10.0. The lowest BCUT2D eigenvalue weighted by Crippen LogP contribution is -2.14. The zero-order valence-corrected chi connectivity index (χ0v) is 8.64. The Labute approximate surface area is 86.9 Å². The predicted molar refractivity (Wildman–Crippen MR) is 56.6 cm³/mol. The molecule has 0 saturated heterocycles. The topological polar surface area (TPSA) is 73.3 Å². The fourth-order valence-electron chi connectivity index (χ4n) is 1.39. The van der Waals surface area contributed by atoms with Crippen LogP contribution in [0.2, 0.25) is 0 Å². The lowest BCUT2D eigenvalue weighted by Gasteiger charge is -2.07. The summed E-state index contributed by atoms with van der Waals surface area (Å²) in [6.07, 6.45) is 3.11. The maximum absolute atomic E-state index is 11.8. The van der Waals surface area contributed by atoms with Gasteiger partial charge in [0.25, 0.3) is 0 Å². The summed E-state index contributed by atoms with van der Waals surface area (Å²) in [4.78, 5) is 15.9. The first kappa shape index (κ1) is 9.64. The second-order valence-corrected chi connectivity index (χ2v) is 3.68. The summed E-state index contributed by atoms with van der Waals surface area (Å²) in [5.74, 6) is 0.239. The van der Waals surface area contributed by atoms with E-state index in [0.29, 0.717) is 17.0 Å². The molecule has 0 aromatic carbocycles. The van der Waals surface area contributed by atoms with Crippen molar-refractivity contribution in [2.45, 2.75) is 13.8 Å². The number of aromatic nitrogens is 3. The summed E-state index contributed by atoms with van der Waals surface area (Å²) < 4.78 is 1.47. The normalized spacial score (nSPS) is 11.1. The first-order valence-electron chi connectivity index (χ1n) is 4.73. The molecule has 2 aromatic rings. The average Bonchev–Trinajstić information content (AvgIpc) is 2.66. The Kier molecular flexibility index (Phi) is 2.15. The summed E-state index contributed by atoms with van der Waals surface area (Å²) in [5.41, 5.74) is 6.92. The third kappa shape index (κ3) is 1.45. The van der Waals surface area contributed by atoms with Crippen LogP contribution in [0, 0.1) is 5.92 Å². The molecular weight excluding hydrogens is 192 g/mol. The van der Waals surface area contributed by atoms with Gasteiger partial charge in [0, 0.05) is 18.2 Å². The second-order valence-electron chi connectivity index (χ2n) is 3.68. The van der Waals surface area contributed by atoms with E-state index in [4.69, 9.17) is 5.73 Å². The lowest BCUT2D eigenvalue weighted by molar-refractivity contribution is 0.0939. The van der Waals surface area contributed by atoms with Gasteiger partial charge in [0.2, 0.25) is 0 Å². The highest BCUT2D eigenvalue weighted by Crippen LogP contribution is 2.16. The summed E-state index contributed by atoms with van der Waals surface area (Å²) in [5, 5.41) is 4.00. The number of Topliss-reactive ketones (excluding diaryl/α,β-unsaturated/α-hetero) is 1. The maximum Gasteiger partial charge on any atom is 0.170 e. The molecule has 0 spiro atoms. The molecule has 0 radical (unpaired) electrons. The standard InChI is InChI=1S/C10H12N4O/c1-6(2)9(15)7-5-12-8-3-4-13-14(8)10(7)11/h3-6H,11H2,1-2H3. The van der Waals surface area contributed by atoms with Gasteiger partial charge in [0.05, 0.1) is 11.8 Å². The van der Waals surface area contributed by atoms with Crippen molar-refractivity contribution in [1.29, 1.82) is 0 Å². The number of rotatable bonds is 2. The van der Waals surface area contributed by atoms with Crippen LogP contribution in [0.3, 0.4) is 0 Å². The molecule has 0 saturated carbocycles. The van der Waals surface area contributed by atoms with Crippen molar-refractivity contribution in [3.8, 4) is 0 Å². The fourth-order valence-corrected chi connectivity index (χ4v) is 1.39.